The summed E-state index contributed by atoms with van der Waals surface area (Å²) >= 11 is 0. The van der Waals surface area contributed by atoms with E-state index in [9.17, 15) is 0 Å². The molecule has 0 N–H and O–H groups in total. The molecule has 0 aromatic carbocycles. The Morgan fingerprint density at radius 2 is 2.09 bits per heavy atom. The van der Waals surface area contributed by atoms with Crippen molar-refractivity contribution in [2.45, 2.75) is 32.9 Å². The summed E-state index contributed by atoms with van der Waals surface area (Å²) in [5, 5.41) is 4.53. The number of rotatable bonds is 5. The Morgan fingerprint density at radius 3 is 2.82 bits per heavy atom. The summed E-state index contributed by atoms with van der Waals surface area (Å²) in [7, 11) is 0. The van der Waals surface area contributed by atoms with E-state index in [1.165, 1.54) is 11.3 Å². The van der Waals surface area contributed by atoms with Crippen molar-refractivity contribution >= 4 is 0 Å². The molecule has 1 saturated heterocycles. The molecule has 2 aromatic rings. The summed E-state index contributed by atoms with van der Waals surface area (Å²) in [6.45, 7) is 8.84. The minimum Gasteiger partial charge on any atom is -0.374 e. The maximum absolute atomic E-state index is 5.92. The smallest absolute Gasteiger partial charge is 0.0898 e. The lowest BCUT2D eigenvalue weighted by atomic mass is 10.2. The molecule has 0 aliphatic carbocycles. The van der Waals surface area contributed by atoms with Crippen LogP contribution < -0.4 is 0 Å². The molecule has 0 bridgehead atoms. The van der Waals surface area contributed by atoms with E-state index in [0.29, 0.717) is 0 Å². The molecule has 1 aliphatic heterocycles. The maximum atomic E-state index is 5.92. The van der Waals surface area contributed by atoms with Gasteiger partial charge in [0.2, 0.25) is 0 Å². The van der Waals surface area contributed by atoms with Gasteiger partial charge in [0.05, 0.1) is 24.9 Å². The number of aryl methyl sites for hydroxylation is 2. The summed E-state index contributed by atoms with van der Waals surface area (Å²) < 4.78 is 7.98. The van der Waals surface area contributed by atoms with Crippen molar-refractivity contribution in [2.24, 2.45) is 0 Å². The third-order valence-corrected chi connectivity index (χ3v) is 4.17. The van der Waals surface area contributed by atoms with Gasteiger partial charge in [-0.1, -0.05) is 0 Å². The van der Waals surface area contributed by atoms with Crippen molar-refractivity contribution in [3.8, 4) is 0 Å². The van der Waals surface area contributed by atoms with Crippen LogP contribution in [-0.2, 0) is 17.7 Å². The molecular weight excluding hydrogens is 276 g/mol. The first kappa shape index (κ1) is 15.2. The minimum atomic E-state index is 0.226. The van der Waals surface area contributed by atoms with Crippen LogP contribution in [0, 0.1) is 13.8 Å². The first-order chi connectivity index (χ1) is 10.7. The van der Waals surface area contributed by atoms with Crippen LogP contribution in [0.4, 0.5) is 0 Å². The Balaban J connectivity index is 1.52. The maximum Gasteiger partial charge on any atom is 0.0898 e. The van der Waals surface area contributed by atoms with E-state index in [1.54, 1.807) is 0 Å². The van der Waals surface area contributed by atoms with Gasteiger partial charge in [-0.15, -0.1) is 0 Å². The average molecular weight is 300 g/mol. The van der Waals surface area contributed by atoms with Crippen molar-refractivity contribution in [3.63, 3.8) is 0 Å². The molecule has 118 valence electrons. The monoisotopic (exact) mass is 300 g/mol. The van der Waals surface area contributed by atoms with Gasteiger partial charge in [0.25, 0.3) is 0 Å². The summed E-state index contributed by atoms with van der Waals surface area (Å²) in [5.74, 6) is 0. The number of hydrogen-bond donors (Lipinski definition) is 0. The van der Waals surface area contributed by atoms with E-state index in [2.05, 4.69) is 44.8 Å². The van der Waals surface area contributed by atoms with E-state index >= 15 is 0 Å². The van der Waals surface area contributed by atoms with Crippen LogP contribution in [0.5, 0.6) is 0 Å². The Hall–Kier alpha value is -1.72. The Labute approximate surface area is 131 Å². The second-order valence-electron chi connectivity index (χ2n) is 6.01. The minimum absolute atomic E-state index is 0.226. The fourth-order valence-corrected chi connectivity index (χ4v) is 2.98. The van der Waals surface area contributed by atoms with Gasteiger partial charge in [-0.25, -0.2) is 0 Å². The molecule has 2 aromatic heterocycles. The van der Waals surface area contributed by atoms with Crippen molar-refractivity contribution in [1.82, 2.24) is 19.7 Å². The number of aromatic nitrogens is 3. The molecule has 0 radical (unpaired) electrons. The van der Waals surface area contributed by atoms with Crippen molar-refractivity contribution in [1.29, 1.82) is 0 Å². The number of ether oxygens (including phenoxy) is 1. The lowest BCUT2D eigenvalue weighted by molar-refractivity contribution is -0.0373. The third kappa shape index (κ3) is 3.93. The van der Waals surface area contributed by atoms with Crippen LogP contribution in [0.3, 0.4) is 0 Å². The SMILES string of the molecule is Cc1cc(C)n(C[C@@H]2CN(CCc3ccncc3)CCO2)n1. The highest BCUT2D eigenvalue weighted by Gasteiger charge is 2.21. The third-order valence-electron chi connectivity index (χ3n) is 4.17. The van der Waals surface area contributed by atoms with Crippen molar-refractivity contribution < 1.29 is 4.74 Å². The second kappa shape index (κ2) is 7.03. The molecule has 3 rings (SSSR count). The molecule has 1 atom stereocenters. The lowest BCUT2D eigenvalue weighted by Gasteiger charge is -2.33. The topological polar surface area (TPSA) is 43.2 Å². The van der Waals surface area contributed by atoms with Crippen LogP contribution in [0.15, 0.2) is 30.6 Å². The van der Waals surface area contributed by atoms with E-state index in [0.717, 1.165) is 44.9 Å². The Morgan fingerprint density at radius 1 is 1.27 bits per heavy atom. The number of morpholine rings is 1. The molecule has 5 nitrogen and oxygen atoms in total. The fraction of sp³-hybridized carbons (Fsp3) is 0.529. The van der Waals surface area contributed by atoms with Crippen LogP contribution in [0.25, 0.3) is 0 Å². The summed E-state index contributed by atoms with van der Waals surface area (Å²) in [4.78, 5) is 6.55. The highest BCUT2D eigenvalue weighted by atomic mass is 16.5. The predicted molar refractivity (Wildman–Crippen MR) is 85.8 cm³/mol. The van der Waals surface area contributed by atoms with Gasteiger partial charge in [-0.05, 0) is 44.0 Å². The quantitative estimate of drug-likeness (QED) is 0.845. The predicted octanol–water partition coefficient (Wildman–Crippen LogP) is 1.84. The highest BCUT2D eigenvalue weighted by molar-refractivity contribution is 5.10. The molecule has 3 heterocycles. The highest BCUT2D eigenvalue weighted by Crippen LogP contribution is 2.11. The van der Waals surface area contributed by atoms with E-state index < -0.39 is 0 Å². The van der Waals surface area contributed by atoms with Crippen LogP contribution in [-0.4, -0.2) is 52.0 Å². The van der Waals surface area contributed by atoms with Crippen LogP contribution in [0.2, 0.25) is 0 Å². The Kier molecular flexibility index (Phi) is 4.85. The van der Waals surface area contributed by atoms with Gasteiger partial charge in [-0.3, -0.25) is 14.6 Å². The van der Waals surface area contributed by atoms with Crippen LogP contribution >= 0.6 is 0 Å². The standard InChI is InChI=1S/C17H24N4O/c1-14-11-15(2)21(19-14)13-17-12-20(9-10-22-17)8-5-16-3-6-18-7-4-16/h3-4,6-7,11,17H,5,8-10,12-13H2,1-2H3/t17-/m0/s1. The summed E-state index contributed by atoms with van der Waals surface area (Å²) in [6.07, 6.45) is 5.01. The van der Waals surface area contributed by atoms with Gasteiger partial charge in [0, 0.05) is 37.7 Å². The van der Waals surface area contributed by atoms with Gasteiger partial charge >= 0.3 is 0 Å². The zero-order chi connectivity index (χ0) is 15.4. The zero-order valence-electron chi connectivity index (χ0n) is 13.4. The Bertz CT molecular complexity index is 596. The lowest BCUT2D eigenvalue weighted by Crippen LogP contribution is -2.45. The van der Waals surface area contributed by atoms with E-state index in [1.807, 2.05) is 19.3 Å². The zero-order valence-corrected chi connectivity index (χ0v) is 13.4. The molecule has 0 amide bonds. The largest absolute Gasteiger partial charge is 0.374 e. The van der Waals surface area contributed by atoms with Crippen LogP contribution in [0.1, 0.15) is 17.0 Å². The molecule has 0 spiro atoms. The first-order valence-electron chi connectivity index (χ1n) is 7.94. The molecule has 1 aliphatic rings. The number of nitrogens with zero attached hydrogens (tertiary/aromatic N) is 4. The van der Waals surface area contributed by atoms with Gasteiger partial charge in [-0.2, -0.15) is 5.10 Å². The second-order valence-corrected chi connectivity index (χ2v) is 6.01. The molecule has 5 heteroatoms. The summed E-state index contributed by atoms with van der Waals surface area (Å²) in [5.41, 5.74) is 3.62. The molecule has 0 unspecified atom stereocenters. The summed E-state index contributed by atoms with van der Waals surface area (Å²) in [6, 6.07) is 6.30. The number of pyridine rings is 1. The van der Waals surface area contributed by atoms with Gasteiger partial charge in [0.15, 0.2) is 0 Å². The van der Waals surface area contributed by atoms with E-state index in [4.69, 9.17) is 4.74 Å². The van der Waals surface area contributed by atoms with Gasteiger partial charge in [0.1, 0.15) is 0 Å². The molecule has 22 heavy (non-hydrogen) atoms. The normalized spacial score (nSPS) is 19.5. The van der Waals surface area contributed by atoms with Gasteiger partial charge < -0.3 is 4.74 Å². The molecule has 0 saturated carbocycles. The molecule has 1 fully saturated rings. The fourth-order valence-electron chi connectivity index (χ4n) is 2.98. The molecular formula is C17H24N4O. The number of hydrogen-bond acceptors (Lipinski definition) is 4. The average Bonchev–Trinajstić information content (AvgIpc) is 2.84. The van der Waals surface area contributed by atoms with Crippen molar-refractivity contribution in [2.75, 3.05) is 26.2 Å². The van der Waals surface area contributed by atoms with Crippen molar-refractivity contribution in [3.05, 3.63) is 47.5 Å². The van der Waals surface area contributed by atoms with E-state index in [-0.39, 0.29) is 6.10 Å². The first-order valence-corrected chi connectivity index (χ1v) is 7.94.